The van der Waals surface area contributed by atoms with Gasteiger partial charge in [-0.2, -0.15) is 0 Å². The predicted octanol–water partition coefficient (Wildman–Crippen LogP) is 2.49. The summed E-state index contributed by atoms with van der Waals surface area (Å²) in [4.78, 5) is 42.9. The standard InChI is InChI=1S/C33H44N2O8/c1-31-13-11-22(35-43-19-28(39)34-25(30(40)42-3)15-20-7-5-4-6-8-20)16-21(31)9-10-23-24-12-14-33(41,27(38)18-36)32(24,2)17-26(37)29(23)31/h4-8,16,23-26,29,36-37,41H,9-15,17-19H2,1-3H3,(H,34,39)/b35-22-/t23?,24?,25?,26?,29?,31-,32-,33-/m0/s1. The Kier molecular flexibility index (Phi) is 8.84. The van der Waals surface area contributed by atoms with Crippen LogP contribution in [0.1, 0.15) is 64.4 Å². The minimum absolute atomic E-state index is 0.00901. The molecule has 4 aliphatic carbocycles. The summed E-state index contributed by atoms with van der Waals surface area (Å²) in [7, 11) is 1.28. The third kappa shape index (κ3) is 5.53. The summed E-state index contributed by atoms with van der Waals surface area (Å²) in [6.45, 7) is 3.08. The molecule has 1 aromatic rings. The third-order valence-corrected chi connectivity index (χ3v) is 11.1. The van der Waals surface area contributed by atoms with E-state index in [2.05, 4.69) is 17.4 Å². The lowest BCUT2D eigenvalue weighted by Gasteiger charge is -2.60. The Morgan fingerprint density at radius 1 is 1.12 bits per heavy atom. The summed E-state index contributed by atoms with van der Waals surface area (Å²) in [6, 6.07) is 8.51. The van der Waals surface area contributed by atoms with Crippen molar-refractivity contribution in [2.75, 3.05) is 20.3 Å². The third-order valence-electron chi connectivity index (χ3n) is 11.1. The molecule has 0 saturated heterocycles. The lowest BCUT2D eigenvalue weighted by Crippen LogP contribution is -2.62. The molecule has 8 atom stereocenters. The number of amides is 1. The number of aliphatic hydroxyl groups excluding tert-OH is 2. The van der Waals surface area contributed by atoms with Crippen LogP contribution in [0.4, 0.5) is 0 Å². The van der Waals surface area contributed by atoms with E-state index in [-0.39, 0.29) is 29.8 Å². The maximum atomic E-state index is 12.6. The molecule has 3 fully saturated rings. The van der Waals surface area contributed by atoms with Gasteiger partial charge in [-0.05, 0) is 79.8 Å². The van der Waals surface area contributed by atoms with Gasteiger partial charge in [0.1, 0.15) is 18.2 Å². The number of nitrogens with one attached hydrogen (secondary N) is 1. The molecule has 43 heavy (non-hydrogen) atoms. The highest BCUT2D eigenvalue weighted by Gasteiger charge is 2.68. The normalized spacial score (nSPS) is 36.4. The van der Waals surface area contributed by atoms with Crippen molar-refractivity contribution in [1.29, 1.82) is 0 Å². The molecule has 0 bridgehead atoms. The van der Waals surface area contributed by atoms with Crippen LogP contribution in [0.5, 0.6) is 0 Å². The number of carbonyl (C=O) groups is 3. The number of hydrogen-bond acceptors (Lipinski definition) is 9. The number of fused-ring (bicyclic) bond motifs is 5. The Morgan fingerprint density at radius 3 is 2.56 bits per heavy atom. The number of esters is 1. The molecule has 234 valence electrons. The molecule has 1 amide bonds. The first-order valence-electron chi connectivity index (χ1n) is 15.3. The van der Waals surface area contributed by atoms with Crippen LogP contribution in [-0.4, -0.2) is 76.8 Å². The Hall–Kier alpha value is -3.08. The maximum Gasteiger partial charge on any atom is 0.328 e. The first-order chi connectivity index (χ1) is 20.5. The Labute approximate surface area is 252 Å². The van der Waals surface area contributed by atoms with Crippen LogP contribution in [0.2, 0.25) is 0 Å². The van der Waals surface area contributed by atoms with Gasteiger partial charge in [0.25, 0.3) is 5.91 Å². The number of hydrogen-bond donors (Lipinski definition) is 4. The van der Waals surface area contributed by atoms with E-state index in [1.807, 2.05) is 43.3 Å². The average Bonchev–Trinajstić information content (AvgIpc) is 3.26. The van der Waals surface area contributed by atoms with Crippen molar-refractivity contribution in [3.05, 3.63) is 47.5 Å². The van der Waals surface area contributed by atoms with Gasteiger partial charge in [0.2, 0.25) is 0 Å². The van der Waals surface area contributed by atoms with Gasteiger partial charge in [0.15, 0.2) is 12.4 Å². The van der Waals surface area contributed by atoms with Crippen LogP contribution in [0, 0.1) is 28.6 Å². The van der Waals surface area contributed by atoms with E-state index in [1.165, 1.54) is 12.7 Å². The van der Waals surface area contributed by atoms with Gasteiger partial charge in [-0.15, -0.1) is 0 Å². The molecule has 0 aromatic heterocycles. The molecule has 4 aliphatic rings. The van der Waals surface area contributed by atoms with Crippen molar-refractivity contribution < 1.29 is 39.3 Å². The highest BCUT2D eigenvalue weighted by Crippen LogP contribution is 2.67. The van der Waals surface area contributed by atoms with Crippen LogP contribution in [0.15, 0.2) is 47.1 Å². The molecule has 0 radical (unpaired) electrons. The van der Waals surface area contributed by atoms with Gasteiger partial charge in [0.05, 0.1) is 18.9 Å². The minimum atomic E-state index is -1.61. The zero-order chi connectivity index (χ0) is 31.0. The number of rotatable bonds is 9. The first-order valence-corrected chi connectivity index (χ1v) is 15.3. The van der Waals surface area contributed by atoms with Crippen molar-refractivity contribution in [2.24, 2.45) is 33.7 Å². The van der Waals surface area contributed by atoms with Crippen LogP contribution in [-0.2, 0) is 30.4 Å². The van der Waals surface area contributed by atoms with Crippen LogP contribution < -0.4 is 5.32 Å². The van der Waals surface area contributed by atoms with Gasteiger partial charge >= 0.3 is 5.97 Å². The van der Waals surface area contributed by atoms with E-state index in [1.54, 1.807) is 0 Å². The second-order valence-corrected chi connectivity index (χ2v) is 13.3. The molecular formula is C33H44N2O8. The van der Waals surface area contributed by atoms with Crippen LogP contribution >= 0.6 is 0 Å². The second kappa shape index (κ2) is 12.1. The molecule has 4 N–H and O–H groups in total. The number of oxime groups is 1. The van der Waals surface area contributed by atoms with Crippen molar-refractivity contribution in [3.8, 4) is 0 Å². The Bertz CT molecular complexity index is 1300. The van der Waals surface area contributed by atoms with Crippen molar-refractivity contribution in [3.63, 3.8) is 0 Å². The molecule has 5 unspecified atom stereocenters. The number of ketones is 1. The van der Waals surface area contributed by atoms with E-state index < -0.39 is 47.4 Å². The minimum Gasteiger partial charge on any atom is -0.467 e. The molecule has 10 heteroatoms. The fourth-order valence-electron chi connectivity index (χ4n) is 8.96. The highest BCUT2D eigenvalue weighted by molar-refractivity contribution is 5.96. The van der Waals surface area contributed by atoms with Gasteiger partial charge in [-0.25, -0.2) is 4.79 Å². The van der Waals surface area contributed by atoms with E-state index in [0.717, 1.165) is 30.5 Å². The molecule has 0 aliphatic heterocycles. The monoisotopic (exact) mass is 596 g/mol. The van der Waals surface area contributed by atoms with E-state index >= 15 is 0 Å². The first kappa shape index (κ1) is 31.3. The summed E-state index contributed by atoms with van der Waals surface area (Å²) in [5, 5.41) is 39.4. The highest BCUT2D eigenvalue weighted by atomic mass is 16.6. The number of methoxy groups -OCH3 is 1. The van der Waals surface area contributed by atoms with E-state index in [9.17, 15) is 29.7 Å². The number of benzene rings is 1. The second-order valence-electron chi connectivity index (χ2n) is 13.3. The smallest absolute Gasteiger partial charge is 0.328 e. The van der Waals surface area contributed by atoms with Gasteiger partial charge < -0.3 is 30.2 Å². The topological polar surface area (TPSA) is 155 Å². The average molecular weight is 597 g/mol. The molecular weight excluding hydrogens is 552 g/mol. The van der Waals surface area contributed by atoms with E-state index in [4.69, 9.17) is 9.57 Å². The van der Waals surface area contributed by atoms with Gasteiger partial charge in [0, 0.05) is 11.8 Å². The number of Topliss-reactive ketones (excluding diaryl/α,β-unsaturated/α-hetero) is 1. The number of aliphatic hydroxyl groups is 3. The molecule has 5 rings (SSSR count). The molecule has 0 spiro atoms. The fourth-order valence-corrected chi connectivity index (χ4v) is 8.96. The summed E-state index contributed by atoms with van der Waals surface area (Å²) in [6.07, 6.45) is 6.00. The summed E-state index contributed by atoms with van der Waals surface area (Å²) in [5.41, 5.74) is 0.181. The van der Waals surface area contributed by atoms with E-state index in [0.29, 0.717) is 32.1 Å². The van der Waals surface area contributed by atoms with Gasteiger partial charge in [-0.3, -0.25) is 9.59 Å². The molecule has 10 nitrogen and oxygen atoms in total. The quantitative estimate of drug-likeness (QED) is 0.250. The number of nitrogens with zero attached hydrogens (tertiary/aromatic N) is 1. The van der Waals surface area contributed by atoms with Crippen molar-refractivity contribution >= 4 is 23.4 Å². The Morgan fingerprint density at radius 2 is 1.86 bits per heavy atom. The zero-order valence-electron chi connectivity index (χ0n) is 25.3. The zero-order valence-corrected chi connectivity index (χ0v) is 25.3. The lowest BCUT2D eigenvalue weighted by atomic mass is 9.45. The summed E-state index contributed by atoms with van der Waals surface area (Å²) < 4.78 is 4.86. The maximum absolute atomic E-state index is 12.6. The van der Waals surface area contributed by atoms with Crippen LogP contribution in [0.3, 0.4) is 0 Å². The van der Waals surface area contributed by atoms with Crippen molar-refractivity contribution in [2.45, 2.75) is 83.0 Å². The van der Waals surface area contributed by atoms with Crippen LogP contribution in [0.25, 0.3) is 0 Å². The largest absolute Gasteiger partial charge is 0.467 e. The lowest BCUT2D eigenvalue weighted by molar-refractivity contribution is -0.181. The predicted molar refractivity (Wildman–Crippen MR) is 158 cm³/mol. The number of ether oxygens (including phenoxy) is 1. The molecule has 3 saturated carbocycles. The molecule has 0 heterocycles. The van der Waals surface area contributed by atoms with Crippen molar-refractivity contribution in [1.82, 2.24) is 5.32 Å². The SMILES string of the molecule is COC(=O)C(Cc1ccccc1)NC(=O)CO/N=C1\C=C2CCC3C(C(O)C[C@@]4(C)C3CC[C@]4(O)C(=O)CO)[C@@]2(C)CC1. The fraction of sp³-hybridized carbons (Fsp3) is 0.636. The summed E-state index contributed by atoms with van der Waals surface area (Å²) in [5.74, 6) is -1.32. The van der Waals surface area contributed by atoms with Gasteiger partial charge in [-0.1, -0.05) is 54.9 Å². The Balaban J connectivity index is 1.23. The molecule has 1 aromatic carbocycles. The summed E-state index contributed by atoms with van der Waals surface area (Å²) >= 11 is 0. The number of carbonyl (C=O) groups excluding carboxylic acids is 3. The number of allylic oxidation sites excluding steroid dienone is 2.